The first kappa shape index (κ1) is 15.3. The van der Waals surface area contributed by atoms with Crippen LogP contribution < -0.4 is 16.1 Å². The number of para-hydroxylation sites is 1. The lowest BCUT2D eigenvalue weighted by molar-refractivity contribution is 1.03. The van der Waals surface area contributed by atoms with Crippen molar-refractivity contribution in [1.82, 2.24) is 15.2 Å². The van der Waals surface area contributed by atoms with Crippen molar-refractivity contribution in [3.63, 3.8) is 0 Å². The van der Waals surface area contributed by atoms with E-state index in [1.807, 2.05) is 42.6 Å². The lowest BCUT2D eigenvalue weighted by Crippen LogP contribution is -2.33. The Morgan fingerprint density at radius 3 is 2.68 bits per heavy atom. The standard InChI is InChI=1S/C21H19N3O/c1-14-6-5-9-17-16(13-22-20(14)17)12-18-19(23-24-21(18)25)11-10-15-7-3-2-4-8-15/h2-9,11-13,22-23H,10H2,1H3,(H,24,25). The largest absolute Gasteiger partial charge is 0.360 e. The number of aromatic nitrogens is 3. The Bertz CT molecular complexity index is 1190. The van der Waals surface area contributed by atoms with Gasteiger partial charge in [0.1, 0.15) is 0 Å². The topological polar surface area (TPSA) is 64.4 Å². The lowest BCUT2D eigenvalue weighted by Gasteiger charge is -1.95. The number of hydrogen-bond donors (Lipinski definition) is 3. The van der Waals surface area contributed by atoms with E-state index >= 15 is 0 Å². The van der Waals surface area contributed by atoms with Crippen molar-refractivity contribution in [2.75, 3.05) is 0 Å². The summed E-state index contributed by atoms with van der Waals surface area (Å²) >= 11 is 0. The molecule has 124 valence electrons. The second-order valence-corrected chi connectivity index (χ2v) is 6.19. The third kappa shape index (κ3) is 2.94. The van der Waals surface area contributed by atoms with Crippen molar-refractivity contribution >= 4 is 23.1 Å². The van der Waals surface area contributed by atoms with E-state index in [1.54, 1.807) is 0 Å². The first-order valence-electron chi connectivity index (χ1n) is 8.31. The molecule has 0 saturated carbocycles. The van der Waals surface area contributed by atoms with Gasteiger partial charge in [-0.1, -0.05) is 54.6 Å². The molecular formula is C21H19N3O. The maximum absolute atomic E-state index is 12.2. The van der Waals surface area contributed by atoms with E-state index in [0.717, 1.165) is 28.2 Å². The molecule has 4 rings (SSSR count). The summed E-state index contributed by atoms with van der Waals surface area (Å²) in [6, 6.07) is 16.4. The molecule has 4 aromatic rings. The van der Waals surface area contributed by atoms with Crippen LogP contribution in [0.25, 0.3) is 23.1 Å². The third-order valence-electron chi connectivity index (χ3n) is 4.49. The summed E-state index contributed by atoms with van der Waals surface area (Å²) in [7, 11) is 0. The molecule has 4 nitrogen and oxygen atoms in total. The molecule has 2 aromatic carbocycles. The van der Waals surface area contributed by atoms with Crippen LogP contribution in [-0.4, -0.2) is 15.2 Å². The molecule has 2 aromatic heterocycles. The molecule has 0 bridgehead atoms. The number of rotatable bonds is 3. The first-order chi connectivity index (χ1) is 12.2. The molecule has 0 aliphatic carbocycles. The molecule has 0 amide bonds. The Labute approximate surface area is 144 Å². The minimum absolute atomic E-state index is 0.110. The Balaban J connectivity index is 1.83. The molecule has 0 saturated heterocycles. The smallest absolute Gasteiger partial charge is 0.271 e. The highest BCUT2D eigenvalue weighted by Gasteiger charge is 2.04. The number of aromatic amines is 3. The molecular weight excluding hydrogens is 310 g/mol. The Morgan fingerprint density at radius 1 is 1.00 bits per heavy atom. The van der Waals surface area contributed by atoms with E-state index in [1.165, 1.54) is 11.1 Å². The van der Waals surface area contributed by atoms with Gasteiger partial charge >= 0.3 is 0 Å². The third-order valence-corrected chi connectivity index (χ3v) is 4.49. The van der Waals surface area contributed by atoms with Gasteiger partial charge < -0.3 is 4.98 Å². The van der Waals surface area contributed by atoms with Crippen LogP contribution in [0.5, 0.6) is 0 Å². The number of hydrogen-bond acceptors (Lipinski definition) is 1. The zero-order valence-electron chi connectivity index (χ0n) is 14.0. The van der Waals surface area contributed by atoms with Crippen LogP contribution in [0.2, 0.25) is 0 Å². The summed E-state index contributed by atoms with van der Waals surface area (Å²) in [5.41, 5.74) is 4.41. The van der Waals surface area contributed by atoms with E-state index < -0.39 is 0 Å². The zero-order valence-corrected chi connectivity index (χ0v) is 14.0. The van der Waals surface area contributed by atoms with Crippen LogP contribution >= 0.6 is 0 Å². The van der Waals surface area contributed by atoms with Gasteiger partial charge in [-0.2, -0.15) is 0 Å². The monoisotopic (exact) mass is 329 g/mol. The molecule has 2 heterocycles. The molecule has 0 aliphatic rings. The molecule has 0 spiro atoms. The van der Waals surface area contributed by atoms with Gasteiger partial charge in [-0.3, -0.25) is 15.0 Å². The van der Waals surface area contributed by atoms with Crippen molar-refractivity contribution in [2.45, 2.75) is 13.3 Å². The van der Waals surface area contributed by atoms with E-state index in [2.05, 4.69) is 46.4 Å². The maximum Gasteiger partial charge on any atom is 0.271 e. The quantitative estimate of drug-likeness (QED) is 0.531. The fourth-order valence-electron chi connectivity index (χ4n) is 3.12. The number of fused-ring (bicyclic) bond motifs is 1. The molecule has 3 N–H and O–H groups in total. The molecule has 0 fully saturated rings. The van der Waals surface area contributed by atoms with Crippen molar-refractivity contribution in [2.24, 2.45) is 0 Å². The second kappa shape index (κ2) is 6.32. The summed E-state index contributed by atoms with van der Waals surface area (Å²) in [5.74, 6) is 0. The Hall–Kier alpha value is -3.27. The minimum atomic E-state index is -0.110. The van der Waals surface area contributed by atoms with Crippen molar-refractivity contribution in [1.29, 1.82) is 0 Å². The lowest BCUT2D eigenvalue weighted by atomic mass is 10.1. The van der Waals surface area contributed by atoms with Gasteiger partial charge in [0.05, 0.1) is 10.6 Å². The summed E-state index contributed by atoms with van der Waals surface area (Å²) in [6.45, 7) is 2.07. The minimum Gasteiger partial charge on any atom is -0.360 e. The highest BCUT2D eigenvalue weighted by Crippen LogP contribution is 2.21. The average Bonchev–Trinajstić information content (AvgIpc) is 3.20. The van der Waals surface area contributed by atoms with Gasteiger partial charge in [-0.25, -0.2) is 0 Å². The highest BCUT2D eigenvalue weighted by molar-refractivity contribution is 5.90. The van der Waals surface area contributed by atoms with E-state index in [9.17, 15) is 4.79 Å². The van der Waals surface area contributed by atoms with E-state index in [-0.39, 0.29) is 5.56 Å². The van der Waals surface area contributed by atoms with Crippen molar-refractivity contribution in [3.05, 3.63) is 92.3 Å². The van der Waals surface area contributed by atoms with Crippen molar-refractivity contribution < 1.29 is 0 Å². The van der Waals surface area contributed by atoms with E-state index in [4.69, 9.17) is 0 Å². The molecule has 0 atom stereocenters. The molecule has 0 aliphatic heterocycles. The molecule has 0 unspecified atom stereocenters. The van der Waals surface area contributed by atoms with Gasteiger partial charge in [0.2, 0.25) is 0 Å². The number of nitrogens with one attached hydrogen (secondary N) is 3. The van der Waals surface area contributed by atoms with Gasteiger partial charge in [0.15, 0.2) is 0 Å². The summed E-state index contributed by atoms with van der Waals surface area (Å²) < 4.78 is 0. The predicted molar refractivity (Wildman–Crippen MR) is 102 cm³/mol. The van der Waals surface area contributed by atoms with Crippen LogP contribution in [0, 0.1) is 6.92 Å². The van der Waals surface area contributed by atoms with Gasteiger partial charge in [0, 0.05) is 22.7 Å². The summed E-state index contributed by atoms with van der Waals surface area (Å²) in [5, 5.41) is 8.26. The summed E-state index contributed by atoms with van der Waals surface area (Å²) in [4.78, 5) is 15.5. The summed E-state index contributed by atoms with van der Waals surface area (Å²) in [6.07, 6.45) is 6.69. The average molecular weight is 329 g/mol. The van der Waals surface area contributed by atoms with Crippen molar-refractivity contribution in [3.8, 4) is 0 Å². The highest BCUT2D eigenvalue weighted by atomic mass is 16.1. The normalized spacial score (nSPS) is 13.0. The van der Waals surface area contributed by atoms with Gasteiger partial charge in [-0.05, 0) is 30.5 Å². The molecule has 4 heteroatoms. The fourth-order valence-corrected chi connectivity index (χ4v) is 3.12. The van der Waals surface area contributed by atoms with Crippen LogP contribution in [0.1, 0.15) is 16.7 Å². The van der Waals surface area contributed by atoms with Crippen LogP contribution in [0.4, 0.5) is 0 Å². The number of H-pyrrole nitrogens is 3. The van der Waals surface area contributed by atoms with Crippen LogP contribution in [0.15, 0.2) is 59.5 Å². The first-order valence-corrected chi connectivity index (χ1v) is 8.31. The fraction of sp³-hybridized carbons (Fsp3) is 0.0952. The van der Waals surface area contributed by atoms with Gasteiger partial charge in [-0.15, -0.1) is 0 Å². The second-order valence-electron chi connectivity index (χ2n) is 6.19. The zero-order chi connectivity index (χ0) is 17.2. The Kier molecular flexibility index (Phi) is 3.86. The Morgan fingerprint density at radius 2 is 1.84 bits per heavy atom. The number of aryl methyl sites for hydroxylation is 1. The molecule has 25 heavy (non-hydrogen) atoms. The molecule has 0 radical (unpaired) electrons. The maximum atomic E-state index is 12.2. The SMILES string of the molecule is Cc1cccc2c(C=c3c(=O)[nH][nH]c3=CCc3ccccc3)c[nH]c12. The number of benzene rings is 2. The van der Waals surface area contributed by atoms with Crippen LogP contribution in [0.3, 0.4) is 0 Å². The predicted octanol–water partition coefficient (Wildman–Crippen LogP) is 2.34. The van der Waals surface area contributed by atoms with Crippen LogP contribution in [-0.2, 0) is 6.42 Å². The van der Waals surface area contributed by atoms with Gasteiger partial charge in [0.25, 0.3) is 5.56 Å². The van der Waals surface area contributed by atoms with E-state index in [0.29, 0.717) is 5.22 Å².